The predicted molar refractivity (Wildman–Crippen MR) is 102 cm³/mol. The first-order valence-corrected chi connectivity index (χ1v) is 11.1. The average Bonchev–Trinajstić information content (AvgIpc) is 2.88. The van der Waals surface area contributed by atoms with Crippen LogP contribution in [0, 0.1) is 0 Å². The fraction of sp³-hybridized carbons (Fsp3) is 0.529. The summed E-state index contributed by atoms with van der Waals surface area (Å²) in [5.41, 5.74) is 2.14. The number of thioether (sulfide) groups is 1. The second-order valence-corrected chi connectivity index (χ2v) is 9.65. The Morgan fingerprint density at radius 2 is 2.04 bits per heavy atom. The Balaban J connectivity index is 1.78. The van der Waals surface area contributed by atoms with Gasteiger partial charge in [0.1, 0.15) is 0 Å². The Bertz CT molecular complexity index is 840. The van der Waals surface area contributed by atoms with Gasteiger partial charge in [-0.15, -0.1) is 11.8 Å². The number of aryl methyl sites for hydroxylation is 1. The number of benzene rings is 1. The summed E-state index contributed by atoms with van der Waals surface area (Å²) in [5.74, 6) is 0. The normalized spacial score (nSPS) is 17.4. The summed E-state index contributed by atoms with van der Waals surface area (Å²) in [6.07, 6.45) is 5.56. The molecule has 0 amide bonds. The van der Waals surface area contributed by atoms with Crippen molar-refractivity contribution in [3.63, 3.8) is 0 Å². The van der Waals surface area contributed by atoms with Crippen molar-refractivity contribution in [2.24, 2.45) is 7.05 Å². The Morgan fingerprint density at radius 3 is 2.68 bits per heavy atom. The lowest BCUT2D eigenvalue weighted by molar-refractivity contribution is -0.140. The molecule has 1 aromatic carbocycles. The van der Waals surface area contributed by atoms with Crippen molar-refractivity contribution < 1.29 is 13.3 Å². The van der Waals surface area contributed by atoms with Crippen molar-refractivity contribution in [1.29, 1.82) is 0 Å². The third kappa shape index (κ3) is 4.77. The zero-order valence-electron chi connectivity index (χ0n) is 14.9. The SMILES string of the molecule is CON1CCC(Sc2cn(C)c3ccc(CNS(C)(=O)=O)cc23)CC1. The van der Waals surface area contributed by atoms with Crippen LogP contribution in [0.3, 0.4) is 0 Å². The first-order valence-electron chi connectivity index (χ1n) is 8.34. The van der Waals surface area contributed by atoms with Gasteiger partial charge in [0.05, 0.1) is 13.4 Å². The number of piperidine rings is 1. The summed E-state index contributed by atoms with van der Waals surface area (Å²) in [7, 11) is 0.588. The number of nitrogens with zero attached hydrogens (tertiary/aromatic N) is 2. The van der Waals surface area contributed by atoms with Gasteiger partial charge in [-0.2, -0.15) is 5.06 Å². The molecule has 1 N–H and O–H groups in total. The van der Waals surface area contributed by atoms with Crippen molar-refractivity contribution in [2.45, 2.75) is 29.5 Å². The lowest BCUT2D eigenvalue weighted by atomic mass is 10.1. The molecule has 138 valence electrons. The summed E-state index contributed by atoms with van der Waals surface area (Å²) < 4.78 is 27.3. The van der Waals surface area contributed by atoms with Gasteiger partial charge in [0.2, 0.25) is 10.0 Å². The van der Waals surface area contributed by atoms with Gasteiger partial charge in [0.25, 0.3) is 0 Å². The molecular weight excluding hydrogens is 358 g/mol. The third-order valence-electron chi connectivity index (χ3n) is 4.51. The zero-order chi connectivity index (χ0) is 18.0. The fourth-order valence-electron chi connectivity index (χ4n) is 3.13. The Kier molecular flexibility index (Phi) is 5.75. The van der Waals surface area contributed by atoms with E-state index < -0.39 is 10.0 Å². The molecule has 1 fully saturated rings. The molecule has 0 radical (unpaired) electrons. The van der Waals surface area contributed by atoms with Crippen LogP contribution in [-0.4, -0.2) is 49.8 Å². The quantitative estimate of drug-likeness (QED) is 0.830. The zero-order valence-corrected chi connectivity index (χ0v) is 16.5. The number of fused-ring (bicyclic) bond motifs is 1. The average molecular weight is 384 g/mol. The van der Waals surface area contributed by atoms with E-state index in [0.29, 0.717) is 11.8 Å². The largest absolute Gasteiger partial charge is 0.349 e. The van der Waals surface area contributed by atoms with Gasteiger partial charge in [0.15, 0.2) is 0 Å². The van der Waals surface area contributed by atoms with Crippen LogP contribution in [0.5, 0.6) is 0 Å². The lowest BCUT2D eigenvalue weighted by Crippen LogP contribution is -2.33. The summed E-state index contributed by atoms with van der Waals surface area (Å²) in [6, 6.07) is 6.14. The molecule has 0 atom stereocenters. The summed E-state index contributed by atoms with van der Waals surface area (Å²) in [5, 5.41) is 3.78. The molecule has 1 saturated heterocycles. The predicted octanol–water partition coefficient (Wildman–Crippen LogP) is 2.35. The van der Waals surface area contributed by atoms with Crippen molar-refractivity contribution in [3.05, 3.63) is 30.0 Å². The fourth-order valence-corrected chi connectivity index (χ4v) is 4.88. The number of hydroxylamine groups is 2. The van der Waals surface area contributed by atoms with Crippen molar-refractivity contribution in [3.8, 4) is 0 Å². The maximum Gasteiger partial charge on any atom is 0.209 e. The van der Waals surface area contributed by atoms with Gasteiger partial charge in [-0.1, -0.05) is 6.07 Å². The number of hydrogen-bond donors (Lipinski definition) is 1. The van der Waals surface area contributed by atoms with E-state index in [-0.39, 0.29) is 0 Å². The molecule has 2 heterocycles. The van der Waals surface area contributed by atoms with Crippen LogP contribution in [0.1, 0.15) is 18.4 Å². The van der Waals surface area contributed by atoms with E-state index in [1.165, 1.54) is 22.1 Å². The number of aromatic nitrogens is 1. The van der Waals surface area contributed by atoms with E-state index in [9.17, 15) is 8.42 Å². The van der Waals surface area contributed by atoms with Crippen LogP contribution in [0.15, 0.2) is 29.3 Å². The highest BCUT2D eigenvalue weighted by molar-refractivity contribution is 8.00. The van der Waals surface area contributed by atoms with Crippen LogP contribution >= 0.6 is 11.8 Å². The van der Waals surface area contributed by atoms with E-state index in [1.807, 2.05) is 29.9 Å². The van der Waals surface area contributed by atoms with E-state index in [4.69, 9.17) is 4.84 Å². The second-order valence-electron chi connectivity index (χ2n) is 6.48. The highest BCUT2D eigenvalue weighted by Gasteiger charge is 2.21. The molecule has 0 spiro atoms. The first-order chi connectivity index (χ1) is 11.9. The summed E-state index contributed by atoms with van der Waals surface area (Å²) in [6.45, 7) is 2.24. The monoisotopic (exact) mass is 383 g/mol. The van der Waals surface area contributed by atoms with Crippen LogP contribution in [0.2, 0.25) is 0 Å². The number of rotatable bonds is 6. The molecule has 2 aromatic rings. The van der Waals surface area contributed by atoms with E-state index >= 15 is 0 Å². The van der Waals surface area contributed by atoms with Crippen molar-refractivity contribution >= 4 is 32.7 Å². The molecular formula is C17H25N3O3S2. The van der Waals surface area contributed by atoms with Gasteiger partial charge in [-0.3, -0.25) is 0 Å². The Hall–Kier alpha value is -1.06. The third-order valence-corrected chi connectivity index (χ3v) is 6.56. The van der Waals surface area contributed by atoms with E-state index in [2.05, 4.69) is 27.6 Å². The van der Waals surface area contributed by atoms with E-state index in [1.54, 1.807) is 7.11 Å². The molecule has 1 aromatic heterocycles. The number of hydrogen-bond acceptors (Lipinski definition) is 5. The molecule has 1 aliphatic heterocycles. The summed E-state index contributed by atoms with van der Waals surface area (Å²) >= 11 is 1.92. The van der Waals surface area contributed by atoms with Gasteiger partial charge in [-0.25, -0.2) is 13.1 Å². The van der Waals surface area contributed by atoms with Gasteiger partial charge in [-0.05, 0) is 30.5 Å². The second kappa shape index (κ2) is 7.67. The van der Waals surface area contributed by atoms with Crippen molar-refractivity contribution in [2.75, 3.05) is 26.5 Å². The van der Waals surface area contributed by atoms with E-state index in [0.717, 1.165) is 31.5 Å². The molecule has 3 rings (SSSR count). The highest BCUT2D eigenvalue weighted by atomic mass is 32.2. The van der Waals surface area contributed by atoms with Crippen LogP contribution in [-0.2, 0) is 28.5 Å². The maximum absolute atomic E-state index is 11.3. The summed E-state index contributed by atoms with van der Waals surface area (Å²) in [4.78, 5) is 6.56. The molecule has 1 aliphatic rings. The number of sulfonamides is 1. The van der Waals surface area contributed by atoms with Crippen molar-refractivity contribution in [1.82, 2.24) is 14.4 Å². The molecule has 0 saturated carbocycles. The highest BCUT2D eigenvalue weighted by Crippen LogP contribution is 2.36. The molecule has 25 heavy (non-hydrogen) atoms. The van der Waals surface area contributed by atoms with Gasteiger partial charge >= 0.3 is 0 Å². The smallest absolute Gasteiger partial charge is 0.209 e. The topological polar surface area (TPSA) is 63.6 Å². The first kappa shape index (κ1) is 18.7. The van der Waals surface area contributed by atoms with Crippen LogP contribution in [0.25, 0.3) is 10.9 Å². The molecule has 0 bridgehead atoms. The maximum atomic E-state index is 11.3. The minimum absolute atomic E-state index is 0.319. The Morgan fingerprint density at radius 1 is 1.32 bits per heavy atom. The van der Waals surface area contributed by atoms with Gasteiger partial charge in [0, 0.05) is 53.9 Å². The number of nitrogens with one attached hydrogen (secondary N) is 1. The Labute approximate surface area is 153 Å². The van der Waals surface area contributed by atoms with Gasteiger partial charge < -0.3 is 9.40 Å². The molecule has 6 nitrogen and oxygen atoms in total. The minimum atomic E-state index is -3.19. The van der Waals surface area contributed by atoms with Crippen LogP contribution < -0.4 is 4.72 Å². The lowest BCUT2D eigenvalue weighted by Gasteiger charge is -2.29. The molecule has 0 aliphatic carbocycles. The minimum Gasteiger partial charge on any atom is -0.349 e. The molecule has 0 unspecified atom stereocenters. The molecule has 8 heteroatoms. The van der Waals surface area contributed by atoms with Crippen LogP contribution in [0.4, 0.5) is 0 Å². The standard InChI is InChI=1S/C17H25N3O3S2/c1-19-12-17(24-14-6-8-20(23-2)9-7-14)15-10-13(4-5-16(15)19)11-18-25(3,21)22/h4-5,10,12,14,18H,6-9,11H2,1-3H3.